The average molecular weight is 548 g/mol. The third kappa shape index (κ3) is 9.74. The molecular weight excluding hydrogens is 510 g/mol. The molecule has 2 aliphatic heterocycles. The Balaban J connectivity index is 1.11. The van der Waals surface area contributed by atoms with Gasteiger partial charge >= 0.3 is 5.97 Å². The van der Waals surface area contributed by atoms with Gasteiger partial charge < -0.3 is 33.9 Å². The van der Waals surface area contributed by atoms with Crippen LogP contribution in [0.1, 0.15) is 40.5 Å². The first-order chi connectivity index (χ1) is 19.0. The molecule has 12 nitrogen and oxygen atoms in total. The standard InChI is InChI=1S/C27H37N3O9/c1-2-39-25(32)20-29-19-21(7-8-24(29)31)28-9-11-35-13-15-37-17-18-38-16-14-36-12-10-30-26(33)22-5-3-4-6-23(22)27(30)34/h3-6,19,28H,2,7-18,20H2,1H3. The van der Waals surface area contributed by atoms with Crippen molar-refractivity contribution in [3.8, 4) is 0 Å². The summed E-state index contributed by atoms with van der Waals surface area (Å²) in [6, 6.07) is 6.79. The van der Waals surface area contributed by atoms with Gasteiger partial charge in [-0.1, -0.05) is 12.1 Å². The summed E-state index contributed by atoms with van der Waals surface area (Å²) in [7, 11) is 0. The third-order valence-electron chi connectivity index (χ3n) is 5.90. The van der Waals surface area contributed by atoms with Crippen molar-refractivity contribution in [3.63, 3.8) is 0 Å². The van der Waals surface area contributed by atoms with Gasteiger partial charge in [-0.15, -0.1) is 0 Å². The molecule has 2 aliphatic rings. The zero-order valence-corrected chi connectivity index (χ0v) is 22.4. The smallest absolute Gasteiger partial charge is 0.326 e. The minimum atomic E-state index is -0.428. The number of hydrogen-bond donors (Lipinski definition) is 1. The summed E-state index contributed by atoms with van der Waals surface area (Å²) in [5.74, 6) is -1.10. The lowest BCUT2D eigenvalue weighted by Crippen LogP contribution is -2.37. The summed E-state index contributed by atoms with van der Waals surface area (Å²) in [5.41, 5.74) is 1.75. The Hall–Kier alpha value is -3.32. The number of nitrogens with one attached hydrogen (secondary N) is 1. The minimum Gasteiger partial charge on any atom is -0.465 e. The second-order valence-corrected chi connectivity index (χ2v) is 8.66. The first kappa shape index (κ1) is 30.2. The number of hydrogen-bond acceptors (Lipinski definition) is 10. The molecule has 39 heavy (non-hydrogen) atoms. The van der Waals surface area contributed by atoms with Crippen LogP contribution in [0.5, 0.6) is 0 Å². The largest absolute Gasteiger partial charge is 0.465 e. The van der Waals surface area contributed by atoms with Gasteiger partial charge in [-0.05, 0) is 25.5 Å². The number of carbonyl (C=O) groups is 4. The lowest BCUT2D eigenvalue weighted by molar-refractivity contribution is -0.147. The van der Waals surface area contributed by atoms with E-state index in [4.69, 9.17) is 23.7 Å². The van der Waals surface area contributed by atoms with Crippen LogP contribution in [-0.2, 0) is 33.3 Å². The van der Waals surface area contributed by atoms with Gasteiger partial charge in [0.15, 0.2) is 0 Å². The molecule has 0 atom stereocenters. The SMILES string of the molecule is CCOC(=O)CN1C=C(NCCOCCOCCOCCOCCN2C(=O)c3ccccc3C2=O)CCC1=O. The lowest BCUT2D eigenvalue weighted by atomic mass is 10.1. The number of carbonyl (C=O) groups excluding carboxylic acids is 4. The molecule has 214 valence electrons. The van der Waals surface area contributed by atoms with E-state index in [2.05, 4.69) is 5.32 Å². The normalized spacial score (nSPS) is 15.0. The number of ether oxygens (including phenoxy) is 5. The fourth-order valence-electron chi connectivity index (χ4n) is 3.97. The maximum Gasteiger partial charge on any atom is 0.326 e. The van der Waals surface area contributed by atoms with Gasteiger partial charge in [-0.3, -0.25) is 24.1 Å². The Labute approximate surface area is 228 Å². The maximum atomic E-state index is 12.3. The van der Waals surface area contributed by atoms with Crippen molar-refractivity contribution in [3.05, 3.63) is 47.3 Å². The molecule has 1 aromatic rings. The summed E-state index contributed by atoms with van der Waals surface area (Å²) in [6.45, 7) is 5.87. The molecule has 1 N–H and O–H groups in total. The molecule has 0 spiro atoms. The van der Waals surface area contributed by atoms with Crippen LogP contribution < -0.4 is 5.32 Å². The van der Waals surface area contributed by atoms with E-state index in [1.165, 1.54) is 9.80 Å². The molecule has 1 aromatic carbocycles. The Morgan fingerprint density at radius 1 is 0.821 bits per heavy atom. The number of rotatable bonds is 19. The number of allylic oxidation sites excluding steroid dienone is 1. The molecular formula is C27H37N3O9. The van der Waals surface area contributed by atoms with Crippen molar-refractivity contribution in [1.82, 2.24) is 15.1 Å². The zero-order valence-electron chi connectivity index (χ0n) is 22.4. The highest BCUT2D eigenvalue weighted by molar-refractivity contribution is 6.21. The van der Waals surface area contributed by atoms with Crippen molar-refractivity contribution < 1.29 is 42.9 Å². The Morgan fingerprint density at radius 2 is 1.38 bits per heavy atom. The summed E-state index contributed by atoms with van der Waals surface area (Å²) in [4.78, 5) is 50.7. The Kier molecular flexibility index (Phi) is 12.9. The predicted molar refractivity (Wildman–Crippen MR) is 139 cm³/mol. The van der Waals surface area contributed by atoms with E-state index in [1.54, 1.807) is 37.4 Å². The lowest BCUT2D eigenvalue weighted by Gasteiger charge is -2.24. The average Bonchev–Trinajstić information content (AvgIpc) is 3.17. The molecule has 0 fully saturated rings. The highest BCUT2D eigenvalue weighted by Crippen LogP contribution is 2.21. The summed E-state index contributed by atoms with van der Waals surface area (Å²) in [5, 5.41) is 3.22. The topological polar surface area (TPSA) is 133 Å². The van der Waals surface area contributed by atoms with Crippen molar-refractivity contribution in [2.24, 2.45) is 0 Å². The molecule has 0 unspecified atom stereocenters. The summed E-state index contributed by atoms with van der Waals surface area (Å²) >= 11 is 0. The van der Waals surface area contributed by atoms with Crippen LogP contribution in [0, 0.1) is 0 Å². The molecule has 12 heteroatoms. The fraction of sp³-hybridized carbons (Fsp3) is 0.556. The molecule has 0 aliphatic carbocycles. The number of amides is 3. The molecule has 2 heterocycles. The first-order valence-electron chi connectivity index (χ1n) is 13.2. The van der Waals surface area contributed by atoms with E-state index in [9.17, 15) is 19.2 Å². The van der Waals surface area contributed by atoms with E-state index in [1.807, 2.05) is 0 Å². The van der Waals surface area contributed by atoms with Crippen LogP contribution in [-0.4, -0.2) is 113 Å². The summed E-state index contributed by atoms with van der Waals surface area (Å²) < 4.78 is 26.8. The molecule has 0 saturated heterocycles. The van der Waals surface area contributed by atoms with Crippen molar-refractivity contribution in [1.29, 1.82) is 0 Å². The molecule has 0 bridgehead atoms. The van der Waals surface area contributed by atoms with Crippen molar-refractivity contribution in [2.45, 2.75) is 19.8 Å². The van der Waals surface area contributed by atoms with Crippen LogP contribution in [0.15, 0.2) is 36.2 Å². The van der Waals surface area contributed by atoms with Gasteiger partial charge in [-0.25, -0.2) is 0 Å². The van der Waals surface area contributed by atoms with Crippen LogP contribution in [0.3, 0.4) is 0 Å². The second-order valence-electron chi connectivity index (χ2n) is 8.66. The van der Waals surface area contributed by atoms with Gasteiger partial charge in [-0.2, -0.15) is 0 Å². The van der Waals surface area contributed by atoms with Crippen molar-refractivity contribution in [2.75, 3.05) is 79.1 Å². The van der Waals surface area contributed by atoms with Gasteiger partial charge in [0.1, 0.15) is 6.54 Å². The van der Waals surface area contributed by atoms with Crippen LogP contribution in [0.25, 0.3) is 0 Å². The van der Waals surface area contributed by atoms with E-state index in [-0.39, 0.29) is 44.0 Å². The van der Waals surface area contributed by atoms with Gasteiger partial charge in [0.05, 0.1) is 77.1 Å². The second kappa shape index (κ2) is 16.6. The van der Waals surface area contributed by atoms with Crippen molar-refractivity contribution >= 4 is 23.7 Å². The van der Waals surface area contributed by atoms with Crippen LogP contribution in [0.2, 0.25) is 0 Å². The first-order valence-corrected chi connectivity index (χ1v) is 13.2. The van der Waals surface area contributed by atoms with Gasteiger partial charge in [0.2, 0.25) is 5.91 Å². The number of benzene rings is 1. The molecule has 0 saturated carbocycles. The number of nitrogens with zero attached hydrogens (tertiary/aromatic N) is 2. The number of fused-ring (bicyclic) bond motifs is 1. The maximum absolute atomic E-state index is 12.3. The highest BCUT2D eigenvalue weighted by Gasteiger charge is 2.34. The van der Waals surface area contributed by atoms with E-state index < -0.39 is 5.97 Å². The molecule has 3 rings (SSSR count). The van der Waals surface area contributed by atoms with Gasteiger partial charge in [0.25, 0.3) is 11.8 Å². The fourth-order valence-corrected chi connectivity index (χ4v) is 3.97. The Morgan fingerprint density at radius 3 is 1.97 bits per heavy atom. The zero-order chi connectivity index (χ0) is 27.9. The predicted octanol–water partition coefficient (Wildman–Crippen LogP) is 0.966. The third-order valence-corrected chi connectivity index (χ3v) is 5.90. The van der Waals surface area contributed by atoms with Gasteiger partial charge in [0, 0.05) is 24.9 Å². The summed E-state index contributed by atoms with van der Waals surface area (Å²) in [6.07, 6.45) is 2.60. The van der Waals surface area contributed by atoms with E-state index in [0.29, 0.717) is 76.8 Å². The van der Waals surface area contributed by atoms with Crippen LogP contribution >= 0.6 is 0 Å². The molecule has 0 aromatic heterocycles. The quantitative estimate of drug-likeness (QED) is 0.152. The monoisotopic (exact) mass is 547 g/mol. The highest BCUT2D eigenvalue weighted by atomic mass is 16.6. The molecule has 0 radical (unpaired) electrons. The number of imide groups is 1. The molecule has 3 amide bonds. The Bertz CT molecular complexity index is 979. The minimum absolute atomic E-state index is 0.0822. The number of esters is 1. The van der Waals surface area contributed by atoms with E-state index >= 15 is 0 Å². The van der Waals surface area contributed by atoms with E-state index in [0.717, 1.165) is 5.70 Å². The van der Waals surface area contributed by atoms with Crippen LogP contribution in [0.4, 0.5) is 0 Å².